The fraction of sp³-hybridized carbons (Fsp3) is 0.600. The van der Waals surface area contributed by atoms with Crippen molar-refractivity contribution >= 4 is 23.7 Å². The first-order chi connectivity index (χ1) is 12.5. The van der Waals surface area contributed by atoms with Gasteiger partial charge in [0.25, 0.3) is 0 Å². The fourth-order valence-corrected chi connectivity index (χ4v) is 3.21. The van der Waals surface area contributed by atoms with Crippen molar-refractivity contribution in [3.8, 4) is 5.75 Å². The Labute approximate surface area is 165 Å². The molecular formula is C20H28ClNO5. The summed E-state index contributed by atoms with van der Waals surface area (Å²) >= 11 is 6.35. The van der Waals surface area contributed by atoms with Crippen LogP contribution in [0.1, 0.15) is 58.9 Å². The molecule has 0 radical (unpaired) electrons. The predicted octanol–water partition coefficient (Wildman–Crippen LogP) is 4.69. The smallest absolute Gasteiger partial charge is 0.411 e. The van der Waals surface area contributed by atoms with Crippen LogP contribution in [0, 0.1) is 0 Å². The fourth-order valence-electron chi connectivity index (χ4n) is 2.97. The number of amides is 1. The van der Waals surface area contributed by atoms with Crippen molar-refractivity contribution in [2.24, 2.45) is 0 Å². The lowest BCUT2D eigenvalue weighted by molar-refractivity contribution is -0.142. The van der Waals surface area contributed by atoms with Crippen molar-refractivity contribution in [2.75, 3.05) is 6.54 Å². The Morgan fingerprint density at radius 1 is 1.37 bits per heavy atom. The van der Waals surface area contributed by atoms with E-state index in [2.05, 4.69) is 13.8 Å². The number of hydrogen-bond donors (Lipinski definition) is 1. The quantitative estimate of drug-likeness (QED) is 0.779. The topological polar surface area (TPSA) is 76.1 Å². The van der Waals surface area contributed by atoms with E-state index in [4.69, 9.17) is 21.1 Å². The summed E-state index contributed by atoms with van der Waals surface area (Å²) in [7, 11) is 0. The van der Waals surface area contributed by atoms with Crippen LogP contribution in [-0.2, 0) is 9.53 Å². The molecule has 1 heterocycles. The monoisotopic (exact) mass is 397 g/mol. The summed E-state index contributed by atoms with van der Waals surface area (Å²) in [4.78, 5) is 25.1. The second kappa shape index (κ2) is 8.38. The van der Waals surface area contributed by atoms with Gasteiger partial charge < -0.3 is 14.6 Å². The molecule has 1 amide bonds. The number of benzene rings is 1. The van der Waals surface area contributed by atoms with E-state index in [0.717, 1.165) is 12.0 Å². The van der Waals surface area contributed by atoms with Crippen LogP contribution in [0.15, 0.2) is 18.2 Å². The first-order valence-electron chi connectivity index (χ1n) is 9.20. The van der Waals surface area contributed by atoms with Crippen LogP contribution in [0.3, 0.4) is 0 Å². The van der Waals surface area contributed by atoms with Gasteiger partial charge in [-0.15, -0.1) is 0 Å². The molecule has 1 aromatic carbocycles. The molecule has 0 aliphatic carbocycles. The number of nitrogens with zero attached hydrogens (tertiary/aromatic N) is 1. The zero-order valence-electron chi connectivity index (χ0n) is 16.5. The second-order valence-corrected chi connectivity index (χ2v) is 8.37. The number of carbonyl (C=O) groups excluding carboxylic acids is 1. The molecule has 1 fully saturated rings. The summed E-state index contributed by atoms with van der Waals surface area (Å²) in [5, 5.41) is 9.94. The minimum absolute atomic E-state index is 0.134. The molecule has 0 spiro atoms. The molecule has 0 aromatic heterocycles. The third-order valence-electron chi connectivity index (χ3n) is 4.61. The first-order valence-corrected chi connectivity index (χ1v) is 9.58. The number of aliphatic carboxylic acids is 1. The summed E-state index contributed by atoms with van der Waals surface area (Å²) in [5.41, 5.74) is 0.425. The second-order valence-electron chi connectivity index (χ2n) is 7.96. The largest absolute Gasteiger partial charge is 0.487 e. The van der Waals surface area contributed by atoms with E-state index in [1.807, 2.05) is 12.1 Å². The maximum Gasteiger partial charge on any atom is 0.411 e. The van der Waals surface area contributed by atoms with Gasteiger partial charge in [-0.1, -0.05) is 31.5 Å². The van der Waals surface area contributed by atoms with E-state index >= 15 is 0 Å². The van der Waals surface area contributed by atoms with Gasteiger partial charge in [-0.25, -0.2) is 9.59 Å². The van der Waals surface area contributed by atoms with Gasteiger partial charge >= 0.3 is 12.1 Å². The number of carboxylic acid groups (broad SMARTS) is 1. The first kappa shape index (κ1) is 21.4. The van der Waals surface area contributed by atoms with Crippen molar-refractivity contribution in [3.05, 3.63) is 28.8 Å². The lowest BCUT2D eigenvalue weighted by atomic mass is 9.99. The summed E-state index contributed by atoms with van der Waals surface area (Å²) in [5.74, 6) is -0.198. The molecular weight excluding hydrogens is 370 g/mol. The van der Waals surface area contributed by atoms with E-state index in [-0.39, 0.29) is 13.0 Å². The lowest BCUT2D eigenvalue weighted by Crippen LogP contribution is -2.43. The van der Waals surface area contributed by atoms with Crippen molar-refractivity contribution in [3.63, 3.8) is 0 Å². The van der Waals surface area contributed by atoms with Gasteiger partial charge in [0, 0.05) is 6.42 Å². The molecule has 1 saturated heterocycles. The average molecular weight is 398 g/mol. The maximum atomic E-state index is 12.4. The Morgan fingerprint density at radius 2 is 2.04 bits per heavy atom. The highest BCUT2D eigenvalue weighted by Crippen LogP contribution is 2.32. The molecule has 1 aromatic rings. The van der Waals surface area contributed by atoms with Crippen LogP contribution >= 0.6 is 11.6 Å². The van der Waals surface area contributed by atoms with Gasteiger partial charge in [-0.2, -0.15) is 0 Å². The molecule has 0 bridgehead atoms. The predicted molar refractivity (Wildman–Crippen MR) is 104 cm³/mol. The molecule has 1 N–H and O–H groups in total. The molecule has 7 heteroatoms. The molecule has 1 aliphatic rings. The SMILES string of the molecule is CC[C@@H](C)c1ccc(O[C@H]2C[C@@H](C(=O)O)N(C(=O)OC(C)(C)C)C2)c(Cl)c1. The molecule has 27 heavy (non-hydrogen) atoms. The van der Waals surface area contributed by atoms with E-state index in [9.17, 15) is 14.7 Å². The lowest BCUT2D eigenvalue weighted by Gasteiger charge is -2.26. The van der Waals surface area contributed by atoms with E-state index in [1.165, 1.54) is 4.90 Å². The third-order valence-corrected chi connectivity index (χ3v) is 4.90. The van der Waals surface area contributed by atoms with Crippen molar-refractivity contribution in [1.82, 2.24) is 4.90 Å². The summed E-state index contributed by atoms with van der Waals surface area (Å²) in [6.45, 7) is 9.59. The van der Waals surface area contributed by atoms with Crippen molar-refractivity contribution in [2.45, 2.75) is 71.1 Å². The minimum Gasteiger partial charge on any atom is -0.487 e. The van der Waals surface area contributed by atoms with Crippen LogP contribution in [0.5, 0.6) is 5.75 Å². The highest BCUT2D eigenvalue weighted by molar-refractivity contribution is 6.32. The maximum absolute atomic E-state index is 12.4. The Balaban J connectivity index is 2.12. The molecule has 0 saturated carbocycles. The number of carboxylic acids is 1. The molecule has 2 rings (SSSR count). The van der Waals surface area contributed by atoms with Gasteiger partial charge in [0.05, 0.1) is 11.6 Å². The molecule has 150 valence electrons. The van der Waals surface area contributed by atoms with Crippen LogP contribution in [0.25, 0.3) is 0 Å². The number of likely N-dealkylation sites (tertiary alicyclic amines) is 1. The number of carbonyl (C=O) groups is 2. The van der Waals surface area contributed by atoms with Gasteiger partial charge in [-0.3, -0.25) is 4.90 Å². The third kappa shape index (κ3) is 5.51. The van der Waals surface area contributed by atoms with Crippen molar-refractivity contribution in [1.29, 1.82) is 0 Å². The Kier molecular flexibility index (Phi) is 6.63. The Bertz CT molecular complexity index is 700. The van der Waals surface area contributed by atoms with E-state index < -0.39 is 29.8 Å². The Morgan fingerprint density at radius 3 is 2.56 bits per heavy atom. The van der Waals surface area contributed by atoms with E-state index in [0.29, 0.717) is 16.7 Å². The zero-order chi connectivity index (χ0) is 20.4. The molecule has 0 unspecified atom stereocenters. The molecule has 3 atom stereocenters. The van der Waals surface area contributed by atoms with Gasteiger partial charge in [-0.05, 0) is 50.8 Å². The van der Waals surface area contributed by atoms with Crippen LogP contribution in [0.2, 0.25) is 5.02 Å². The van der Waals surface area contributed by atoms with Crippen LogP contribution < -0.4 is 4.74 Å². The summed E-state index contributed by atoms with van der Waals surface area (Å²) in [6, 6.07) is 4.66. The number of ether oxygens (including phenoxy) is 2. The van der Waals surface area contributed by atoms with Crippen molar-refractivity contribution < 1.29 is 24.2 Å². The van der Waals surface area contributed by atoms with Crippen LogP contribution in [0.4, 0.5) is 4.79 Å². The summed E-state index contributed by atoms with van der Waals surface area (Å²) < 4.78 is 11.2. The highest BCUT2D eigenvalue weighted by Gasteiger charge is 2.42. The van der Waals surface area contributed by atoms with Gasteiger partial charge in [0.1, 0.15) is 23.5 Å². The highest BCUT2D eigenvalue weighted by atomic mass is 35.5. The molecule has 1 aliphatic heterocycles. The molecule has 6 nitrogen and oxygen atoms in total. The number of halogens is 1. The number of hydrogen-bond acceptors (Lipinski definition) is 4. The van der Waals surface area contributed by atoms with E-state index in [1.54, 1.807) is 26.8 Å². The minimum atomic E-state index is -1.08. The number of rotatable bonds is 5. The van der Waals surface area contributed by atoms with Gasteiger partial charge in [0.15, 0.2) is 0 Å². The standard InChI is InChI=1S/C20H28ClNO5/c1-6-12(2)13-7-8-17(15(21)9-13)26-14-10-16(18(23)24)22(11-14)19(25)27-20(3,4)5/h7-9,12,14,16H,6,10-11H2,1-5H3,(H,23,24)/t12-,14+,16+/m1/s1. The van der Waals surface area contributed by atoms with Gasteiger partial charge in [0.2, 0.25) is 0 Å². The Hall–Kier alpha value is -1.95. The zero-order valence-corrected chi connectivity index (χ0v) is 17.2. The summed E-state index contributed by atoms with van der Waals surface area (Å²) in [6.07, 6.45) is 0.0623. The average Bonchev–Trinajstić information content (AvgIpc) is 2.99. The van der Waals surface area contributed by atoms with Crippen LogP contribution in [-0.4, -0.2) is 46.4 Å². The normalized spacial score (nSPS) is 21.0.